The first-order valence-electron chi connectivity index (χ1n) is 7.75. The lowest BCUT2D eigenvalue weighted by atomic mass is 10.2. The molecule has 2 N–H and O–H groups in total. The molecule has 2 heterocycles. The number of carbonyl (C=O) groups is 2. The molecule has 4 rings (SSSR count). The third-order valence-corrected chi connectivity index (χ3v) is 3.85. The predicted molar refractivity (Wildman–Crippen MR) is 92.7 cm³/mol. The van der Waals surface area contributed by atoms with Gasteiger partial charge in [-0.2, -0.15) is 0 Å². The second-order valence-corrected chi connectivity index (χ2v) is 5.66. The van der Waals surface area contributed by atoms with E-state index in [-0.39, 0.29) is 17.5 Å². The van der Waals surface area contributed by atoms with E-state index in [2.05, 4.69) is 20.6 Å². The number of anilines is 2. The summed E-state index contributed by atoms with van der Waals surface area (Å²) in [5.74, 6) is -0.0402. The summed E-state index contributed by atoms with van der Waals surface area (Å²) in [4.78, 5) is 32.6. The normalized spacial score (nSPS) is 15.9. The average Bonchev–Trinajstić information content (AvgIpc) is 2.62. The fourth-order valence-corrected chi connectivity index (χ4v) is 2.55. The van der Waals surface area contributed by atoms with Crippen molar-refractivity contribution in [2.45, 2.75) is 13.0 Å². The molecule has 1 aliphatic heterocycles. The lowest BCUT2D eigenvalue weighted by Crippen LogP contribution is -2.34. The maximum absolute atomic E-state index is 12.4. The number of amides is 2. The molecule has 0 saturated carbocycles. The monoisotopic (exact) mass is 334 g/mol. The summed E-state index contributed by atoms with van der Waals surface area (Å²) >= 11 is 0. The predicted octanol–water partition coefficient (Wildman–Crippen LogP) is 2.60. The first-order chi connectivity index (χ1) is 12.1. The zero-order valence-electron chi connectivity index (χ0n) is 13.3. The molecule has 25 heavy (non-hydrogen) atoms. The largest absolute Gasteiger partial charge is 0.479 e. The van der Waals surface area contributed by atoms with Gasteiger partial charge in [-0.3, -0.25) is 14.6 Å². The topological polar surface area (TPSA) is 93.2 Å². The van der Waals surface area contributed by atoms with Gasteiger partial charge in [-0.05, 0) is 37.3 Å². The fourth-order valence-electron chi connectivity index (χ4n) is 2.55. The minimum Gasteiger partial charge on any atom is -0.479 e. The van der Waals surface area contributed by atoms with E-state index in [1.807, 2.05) is 18.2 Å². The molecule has 124 valence electrons. The van der Waals surface area contributed by atoms with Gasteiger partial charge in [0.25, 0.3) is 11.8 Å². The lowest BCUT2D eigenvalue weighted by molar-refractivity contribution is -0.122. The van der Waals surface area contributed by atoms with Gasteiger partial charge < -0.3 is 15.4 Å². The van der Waals surface area contributed by atoms with Crippen molar-refractivity contribution in [1.82, 2.24) is 9.97 Å². The van der Waals surface area contributed by atoms with E-state index < -0.39 is 6.10 Å². The van der Waals surface area contributed by atoms with Crippen LogP contribution in [0, 0.1) is 0 Å². The van der Waals surface area contributed by atoms with Crippen LogP contribution in [0.15, 0.2) is 48.7 Å². The molecule has 0 saturated heterocycles. The molecule has 0 aliphatic carbocycles. The van der Waals surface area contributed by atoms with Gasteiger partial charge in [0.15, 0.2) is 6.10 Å². The van der Waals surface area contributed by atoms with Crippen LogP contribution in [0.5, 0.6) is 5.75 Å². The highest BCUT2D eigenvalue weighted by Gasteiger charge is 2.23. The van der Waals surface area contributed by atoms with Crippen molar-refractivity contribution >= 4 is 34.2 Å². The Kier molecular flexibility index (Phi) is 3.53. The first-order valence-corrected chi connectivity index (χ1v) is 7.75. The molecule has 2 amide bonds. The van der Waals surface area contributed by atoms with E-state index in [4.69, 9.17) is 4.74 Å². The van der Waals surface area contributed by atoms with Gasteiger partial charge in [0.2, 0.25) is 0 Å². The second-order valence-electron chi connectivity index (χ2n) is 5.66. The van der Waals surface area contributed by atoms with E-state index in [1.54, 1.807) is 31.2 Å². The van der Waals surface area contributed by atoms with Crippen molar-refractivity contribution in [3.05, 3.63) is 54.4 Å². The third kappa shape index (κ3) is 2.87. The molecule has 2 aromatic carbocycles. The van der Waals surface area contributed by atoms with Crippen molar-refractivity contribution in [3.8, 4) is 5.75 Å². The number of para-hydroxylation sites is 2. The summed E-state index contributed by atoms with van der Waals surface area (Å²) in [6.07, 6.45) is 0.892. The standard InChI is InChI=1S/C18H14N4O3/c1-10-17(23)22-14-8-11(6-7-16(14)25-10)20-18(24)15-9-19-12-4-2-3-5-13(12)21-15/h2-10H,1H3,(H,20,24)(H,22,23)/t10-/m0/s1. The number of fused-ring (bicyclic) bond motifs is 2. The molecule has 0 unspecified atom stereocenters. The van der Waals surface area contributed by atoms with E-state index in [0.29, 0.717) is 22.6 Å². The molecular formula is C18H14N4O3. The minimum atomic E-state index is -0.541. The molecular weight excluding hydrogens is 320 g/mol. The van der Waals surface area contributed by atoms with Gasteiger partial charge in [0.1, 0.15) is 11.4 Å². The van der Waals surface area contributed by atoms with Crippen molar-refractivity contribution in [1.29, 1.82) is 0 Å². The summed E-state index contributed by atoms with van der Waals surface area (Å²) in [5.41, 5.74) is 2.63. The molecule has 1 atom stereocenters. The van der Waals surface area contributed by atoms with Gasteiger partial charge in [-0.15, -0.1) is 0 Å². The van der Waals surface area contributed by atoms with Crippen molar-refractivity contribution in [2.24, 2.45) is 0 Å². The third-order valence-electron chi connectivity index (χ3n) is 3.85. The van der Waals surface area contributed by atoms with Crippen LogP contribution in [0.25, 0.3) is 11.0 Å². The number of hydrogen-bond acceptors (Lipinski definition) is 5. The summed E-state index contributed by atoms with van der Waals surface area (Å²) in [6.45, 7) is 1.67. The molecule has 1 aliphatic rings. The summed E-state index contributed by atoms with van der Waals surface area (Å²) in [5, 5.41) is 5.49. The molecule has 0 bridgehead atoms. The Balaban J connectivity index is 1.58. The summed E-state index contributed by atoms with van der Waals surface area (Å²) in [6, 6.07) is 12.4. The van der Waals surface area contributed by atoms with Gasteiger partial charge in [-0.1, -0.05) is 12.1 Å². The zero-order chi connectivity index (χ0) is 17.4. The molecule has 0 spiro atoms. The molecule has 0 radical (unpaired) electrons. The van der Waals surface area contributed by atoms with E-state index in [1.165, 1.54) is 6.20 Å². The number of rotatable bonds is 2. The number of hydrogen-bond donors (Lipinski definition) is 2. The van der Waals surface area contributed by atoms with Crippen molar-refractivity contribution in [2.75, 3.05) is 10.6 Å². The van der Waals surface area contributed by atoms with Crippen LogP contribution < -0.4 is 15.4 Å². The van der Waals surface area contributed by atoms with Crippen LogP contribution in [0.1, 0.15) is 17.4 Å². The van der Waals surface area contributed by atoms with E-state index in [0.717, 1.165) is 5.52 Å². The number of nitrogens with one attached hydrogen (secondary N) is 2. The second kappa shape index (κ2) is 5.86. The Morgan fingerprint density at radius 2 is 2.00 bits per heavy atom. The van der Waals surface area contributed by atoms with Gasteiger partial charge >= 0.3 is 0 Å². The Labute approximate surface area is 143 Å². The quantitative estimate of drug-likeness (QED) is 0.751. The Hall–Kier alpha value is -3.48. The average molecular weight is 334 g/mol. The first kappa shape index (κ1) is 15.1. The van der Waals surface area contributed by atoms with E-state index in [9.17, 15) is 9.59 Å². The number of ether oxygens (including phenoxy) is 1. The molecule has 7 heteroatoms. The minimum absolute atomic E-state index is 0.213. The number of carbonyl (C=O) groups excluding carboxylic acids is 2. The molecule has 3 aromatic rings. The van der Waals surface area contributed by atoms with Crippen LogP contribution in [-0.4, -0.2) is 27.9 Å². The fraction of sp³-hybridized carbons (Fsp3) is 0.111. The molecule has 0 fully saturated rings. The van der Waals surface area contributed by atoms with Crippen LogP contribution in [0.2, 0.25) is 0 Å². The highest BCUT2D eigenvalue weighted by atomic mass is 16.5. The number of aromatic nitrogens is 2. The van der Waals surface area contributed by atoms with Crippen LogP contribution >= 0.6 is 0 Å². The van der Waals surface area contributed by atoms with Gasteiger partial charge in [-0.25, -0.2) is 4.98 Å². The smallest absolute Gasteiger partial charge is 0.275 e. The van der Waals surface area contributed by atoms with E-state index >= 15 is 0 Å². The SMILES string of the molecule is C[C@@H]1Oc2ccc(NC(=O)c3cnc4ccccc4n3)cc2NC1=O. The van der Waals surface area contributed by atoms with Crippen molar-refractivity contribution < 1.29 is 14.3 Å². The molecule has 7 nitrogen and oxygen atoms in total. The highest BCUT2D eigenvalue weighted by Crippen LogP contribution is 2.32. The summed E-state index contributed by atoms with van der Waals surface area (Å²) < 4.78 is 5.49. The number of nitrogens with zero attached hydrogens (tertiary/aromatic N) is 2. The maximum atomic E-state index is 12.4. The Morgan fingerprint density at radius 3 is 2.84 bits per heavy atom. The maximum Gasteiger partial charge on any atom is 0.275 e. The van der Waals surface area contributed by atoms with Gasteiger partial charge in [0.05, 0.1) is 22.9 Å². The summed E-state index contributed by atoms with van der Waals surface area (Å²) in [7, 11) is 0. The zero-order valence-corrected chi connectivity index (χ0v) is 13.3. The van der Waals surface area contributed by atoms with Crippen LogP contribution in [0.3, 0.4) is 0 Å². The Morgan fingerprint density at radius 1 is 1.20 bits per heavy atom. The van der Waals surface area contributed by atoms with Crippen LogP contribution in [0.4, 0.5) is 11.4 Å². The van der Waals surface area contributed by atoms with Crippen molar-refractivity contribution in [3.63, 3.8) is 0 Å². The highest BCUT2D eigenvalue weighted by molar-refractivity contribution is 6.04. The lowest BCUT2D eigenvalue weighted by Gasteiger charge is -2.23. The Bertz CT molecular complexity index is 1000. The molecule has 1 aromatic heterocycles. The van der Waals surface area contributed by atoms with Crippen LogP contribution in [-0.2, 0) is 4.79 Å². The van der Waals surface area contributed by atoms with Gasteiger partial charge in [0, 0.05) is 5.69 Å². The number of benzene rings is 2.